The number of aldehydes is 1. The highest BCUT2D eigenvalue weighted by Gasteiger charge is 2.55. The third kappa shape index (κ3) is 7.49. The van der Waals surface area contributed by atoms with E-state index in [0.29, 0.717) is 19.4 Å². The largest absolute Gasteiger partial charge is 0.460 e. The van der Waals surface area contributed by atoms with Gasteiger partial charge in [0.25, 0.3) is 0 Å². The van der Waals surface area contributed by atoms with Crippen LogP contribution in [0.4, 0.5) is 4.79 Å². The number of esters is 1. The minimum atomic E-state index is -1.19. The lowest BCUT2D eigenvalue weighted by atomic mass is 9.87. The number of hydrogen-bond acceptors (Lipinski definition) is 7. The van der Waals surface area contributed by atoms with Gasteiger partial charge in [-0.3, -0.25) is 14.6 Å². The second-order valence-electron chi connectivity index (χ2n) is 11.7. The first-order chi connectivity index (χ1) is 18.9. The fourth-order valence-electron chi connectivity index (χ4n) is 5.38. The highest BCUT2D eigenvalue weighted by molar-refractivity contribution is 5.80. The van der Waals surface area contributed by atoms with Crippen molar-refractivity contribution in [2.75, 3.05) is 7.05 Å². The van der Waals surface area contributed by atoms with E-state index in [1.807, 2.05) is 86.3 Å². The summed E-state index contributed by atoms with van der Waals surface area (Å²) in [6.07, 6.45) is 0.811. The number of amides is 1. The van der Waals surface area contributed by atoms with Gasteiger partial charge in [-0.25, -0.2) is 4.79 Å². The Kier molecular flexibility index (Phi) is 10.5. The Balaban J connectivity index is 1.88. The maximum absolute atomic E-state index is 13.7. The standard InChI is InChI=1S/C32H44N2O6/c1-23-18-19-32(22-35,34(23)30(37)40-31(4,5)6)25(3)33(7)28(24(2)38-20-26-14-10-8-11-15-26)29(36)39-21-27-16-12-9-13-17-27/h8-17,22-25,28H,18-21H2,1-7H3. The number of likely N-dealkylation sites (tertiary alicyclic amines) is 1. The van der Waals surface area contributed by atoms with Crippen molar-refractivity contribution in [2.24, 2.45) is 0 Å². The summed E-state index contributed by atoms with van der Waals surface area (Å²) >= 11 is 0. The third-order valence-electron chi connectivity index (χ3n) is 7.69. The molecule has 0 aliphatic carbocycles. The van der Waals surface area contributed by atoms with E-state index in [1.54, 1.807) is 32.7 Å². The number of nitrogens with zero attached hydrogens (tertiary/aromatic N) is 2. The second kappa shape index (κ2) is 13.4. The molecule has 2 aromatic rings. The van der Waals surface area contributed by atoms with Gasteiger partial charge in [-0.1, -0.05) is 60.7 Å². The van der Waals surface area contributed by atoms with Crippen LogP contribution < -0.4 is 0 Å². The van der Waals surface area contributed by atoms with E-state index in [1.165, 1.54) is 0 Å². The molecule has 0 radical (unpaired) electrons. The van der Waals surface area contributed by atoms with Crippen molar-refractivity contribution < 1.29 is 28.6 Å². The average Bonchev–Trinajstić information content (AvgIpc) is 3.27. The van der Waals surface area contributed by atoms with E-state index in [4.69, 9.17) is 14.2 Å². The quantitative estimate of drug-likeness (QED) is 0.273. The highest BCUT2D eigenvalue weighted by atomic mass is 16.6. The van der Waals surface area contributed by atoms with Crippen LogP contribution in [0.25, 0.3) is 0 Å². The lowest BCUT2D eigenvalue weighted by Crippen LogP contribution is -2.65. The molecule has 3 rings (SSSR count). The van der Waals surface area contributed by atoms with Crippen LogP contribution >= 0.6 is 0 Å². The van der Waals surface area contributed by atoms with Gasteiger partial charge >= 0.3 is 12.1 Å². The molecule has 40 heavy (non-hydrogen) atoms. The van der Waals surface area contributed by atoms with Crippen molar-refractivity contribution in [3.05, 3.63) is 71.8 Å². The van der Waals surface area contributed by atoms with Crippen molar-refractivity contribution >= 4 is 18.3 Å². The first-order valence-electron chi connectivity index (χ1n) is 14.0. The number of ether oxygens (including phenoxy) is 3. The van der Waals surface area contributed by atoms with Crippen LogP contribution in [0.5, 0.6) is 0 Å². The van der Waals surface area contributed by atoms with E-state index in [9.17, 15) is 14.4 Å². The first-order valence-corrected chi connectivity index (χ1v) is 14.0. The molecule has 8 heteroatoms. The van der Waals surface area contributed by atoms with Crippen molar-refractivity contribution in [1.29, 1.82) is 0 Å². The molecule has 0 aromatic heterocycles. The molecule has 5 unspecified atom stereocenters. The molecule has 218 valence electrons. The van der Waals surface area contributed by atoms with Gasteiger partial charge in [-0.05, 0) is 72.6 Å². The van der Waals surface area contributed by atoms with E-state index >= 15 is 0 Å². The van der Waals surface area contributed by atoms with Crippen LogP contribution in [-0.4, -0.2) is 70.6 Å². The fraction of sp³-hybridized carbons (Fsp3) is 0.531. The molecular formula is C32H44N2O6. The maximum Gasteiger partial charge on any atom is 0.411 e. The molecular weight excluding hydrogens is 508 g/mol. The van der Waals surface area contributed by atoms with Crippen LogP contribution in [-0.2, 0) is 37.0 Å². The molecule has 0 spiro atoms. The number of rotatable bonds is 11. The molecule has 1 fully saturated rings. The molecule has 0 saturated carbocycles. The molecule has 1 heterocycles. The molecule has 2 aromatic carbocycles. The van der Waals surface area contributed by atoms with Crippen LogP contribution in [0.1, 0.15) is 65.5 Å². The Bertz CT molecular complexity index is 1120. The summed E-state index contributed by atoms with van der Waals surface area (Å²) < 4.78 is 17.7. The zero-order valence-electron chi connectivity index (χ0n) is 24.8. The summed E-state index contributed by atoms with van der Waals surface area (Å²) in [5.41, 5.74) is -0.0554. The van der Waals surface area contributed by atoms with Crippen molar-refractivity contribution in [3.63, 3.8) is 0 Å². The van der Waals surface area contributed by atoms with Gasteiger partial charge in [0.1, 0.15) is 30.1 Å². The molecule has 1 amide bonds. The minimum Gasteiger partial charge on any atom is -0.460 e. The van der Waals surface area contributed by atoms with Gasteiger partial charge in [0.05, 0.1) is 12.7 Å². The Morgan fingerprint density at radius 1 is 1.02 bits per heavy atom. The Hall–Kier alpha value is -3.23. The van der Waals surface area contributed by atoms with Crippen molar-refractivity contribution in [3.8, 4) is 0 Å². The van der Waals surface area contributed by atoms with E-state index in [2.05, 4.69) is 0 Å². The fourth-order valence-corrected chi connectivity index (χ4v) is 5.38. The van der Waals surface area contributed by atoms with Gasteiger partial charge in [0.15, 0.2) is 0 Å². The number of likely N-dealkylation sites (N-methyl/N-ethyl adjacent to an activating group) is 1. The van der Waals surface area contributed by atoms with E-state index in [-0.39, 0.29) is 12.6 Å². The predicted molar refractivity (Wildman–Crippen MR) is 154 cm³/mol. The molecule has 1 aliphatic heterocycles. The average molecular weight is 553 g/mol. The topological polar surface area (TPSA) is 85.4 Å². The number of carbonyl (C=O) groups is 3. The van der Waals surface area contributed by atoms with Crippen molar-refractivity contribution in [2.45, 2.75) is 103 Å². The molecule has 8 nitrogen and oxygen atoms in total. The van der Waals surface area contributed by atoms with Gasteiger partial charge in [0.2, 0.25) is 0 Å². The summed E-state index contributed by atoms with van der Waals surface area (Å²) in [4.78, 5) is 43.2. The second-order valence-corrected chi connectivity index (χ2v) is 11.7. The first kappa shape index (κ1) is 31.3. The van der Waals surface area contributed by atoms with Gasteiger partial charge in [-0.15, -0.1) is 0 Å². The van der Waals surface area contributed by atoms with E-state index in [0.717, 1.165) is 17.4 Å². The molecule has 1 saturated heterocycles. The van der Waals surface area contributed by atoms with Crippen molar-refractivity contribution in [1.82, 2.24) is 9.80 Å². The van der Waals surface area contributed by atoms with E-state index < -0.39 is 41.4 Å². The molecule has 0 N–H and O–H groups in total. The smallest absolute Gasteiger partial charge is 0.411 e. The summed E-state index contributed by atoms with van der Waals surface area (Å²) in [6.45, 7) is 11.4. The Morgan fingerprint density at radius 2 is 1.57 bits per heavy atom. The maximum atomic E-state index is 13.7. The summed E-state index contributed by atoms with van der Waals surface area (Å²) in [5.74, 6) is -0.463. The lowest BCUT2D eigenvalue weighted by Gasteiger charge is -2.46. The molecule has 0 bridgehead atoms. The number of hydrogen-bond donors (Lipinski definition) is 0. The molecule has 5 atom stereocenters. The summed E-state index contributed by atoms with van der Waals surface area (Å²) in [7, 11) is 1.78. The normalized spacial score (nSPS) is 21.5. The highest BCUT2D eigenvalue weighted by Crippen LogP contribution is 2.39. The SMILES string of the molecule is CC(OCc1ccccc1)C(C(=O)OCc1ccccc1)N(C)C(C)C1(C=O)CCC(C)N1C(=O)OC(C)(C)C. The lowest BCUT2D eigenvalue weighted by molar-refractivity contribution is -0.161. The van der Waals surface area contributed by atoms with Crippen LogP contribution in [0.2, 0.25) is 0 Å². The summed E-state index contributed by atoms with van der Waals surface area (Å²) in [6, 6.07) is 17.6. The zero-order valence-corrected chi connectivity index (χ0v) is 24.8. The zero-order chi connectivity index (χ0) is 29.5. The third-order valence-corrected chi connectivity index (χ3v) is 7.69. The summed E-state index contributed by atoms with van der Waals surface area (Å²) in [5, 5.41) is 0. The Labute approximate surface area is 238 Å². The van der Waals surface area contributed by atoms with Gasteiger partial charge < -0.3 is 19.0 Å². The van der Waals surface area contributed by atoms with Crippen LogP contribution in [0.3, 0.4) is 0 Å². The minimum absolute atomic E-state index is 0.115. The number of benzene rings is 2. The Morgan fingerprint density at radius 3 is 2.10 bits per heavy atom. The molecule has 1 aliphatic rings. The van der Waals surface area contributed by atoms with Crippen LogP contribution in [0, 0.1) is 0 Å². The van der Waals surface area contributed by atoms with Crippen LogP contribution in [0.15, 0.2) is 60.7 Å². The van der Waals surface area contributed by atoms with Gasteiger partial charge in [-0.2, -0.15) is 0 Å². The van der Waals surface area contributed by atoms with Gasteiger partial charge in [0, 0.05) is 12.1 Å². The predicted octanol–water partition coefficient (Wildman–Crippen LogP) is 5.38. The number of carbonyl (C=O) groups excluding carboxylic acids is 3. The monoisotopic (exact) mass is 552 g/mol.